The number of halogens is 11. The quantitative estimate of drug-likeness (QED) is 0.238. The minimum atomic E-state index is -1.55. The Kier molecular flexibility index (Phi) is 5.38. The Labute approximate surface area is 224 Å². The lowest BCUT2D eigenvalue weighted by atomic mass is 9.67. The lowest BCUT2D eigenvalue weighted by Crippen LogP contribution is -2.44. The molecule has 0 aromatic carbocycles. The maximum absolute atomic E-state index is 7.02. The van der Waals surface area contributed by atoms with E-state index in [4.69, 9.17) is 128 Å². The molecule has 0 aromatic heterocycles. The van der Waals surface area contributed by atoms with Crippen LogP contribution in [0.2, 0.25) is 0 Å². The SMILES string of the molecule is ClC1=C(Cl)C2(Cl)C(Cl)C1(Cl)[C@@H]1CC[C@@H]3[C@H](CC[C@@H]12)C1(Cl)C(Cl)=C(Cl)C3(Cl)C1(Cl)Cl. The van der Waals surface area contributed by atoms with Gasteiger partial charge in [-0.05, 0) is 49.4 Å². The first-order valence-electron chi connectivity index (χ1n) is 9.14. The van der Waals surface area contributed by atoms with Gasteiger partial charge in [0.1, 0.15) is 19.5 Å². The zero-order chi connectivity index (χ0) is 21.5. The lowest BCUT2D eigenvalue weighted by Gasteiger charge is -2.44. The fraction of sp³-hybridized carbons (Fsp3) is 0.778. The molecule has 5 aliphatic carbocycles. The summed E-state index contributed by atoms with van der Waals surface area (Å²) in [6.45, 7) is 0. The van der Waals surface area contributed by atoms with Crippen LogP contribution in [0.5, 0.6) is 0 Å². The molecule has 11 heteroatoms. The highest BCUT2D eigenvalue weighted by Gasteiger charge is 2.82. The molecular weight excluding hydrogens is 606 g/mol. The summed E-state index contributed by atoms with van der Waals surface area (Å²) in [7, 11) is 0. The van der Waals surface area contributed by atoms with E-state index in [-0.39, 0.29) is 33.7 Å². The second-order valence-electron chi connectivity index (χ2n) is 8.73. The molecule has 0 aliphatic heterocycles. The van der Waals surface area contributed by atoms with Gasteiger partial charge in [0, 0.05) is 0 Å². The highest BCUT2D eigenvalue weighted by Crippen LogP contribution is 2.79. The molecule has 29 heavy (non-hydrogen) atoms. The predicted molar refractivity (Wildman–Crippen MR) is 128 cm³/mol. The Morgan fingerprint density at radius 3 is 1.17 bits per heavy atom. The molecule has 0 N–H and O–H groups in total. The van der Waals surface area contributed by atoms with Crippen LogP contribution in [0.25, 0.3) is 0 Å². The van der Waals surface area contributed by atoms with Crippen molar-refractivity contribution < 1.29 is 0 Å². The highest BCUT2D eigenvalue weighted by atomic mass is 35.5. The average Bonchev–Trinajstić information content (AvgIpc) is 2.99. The standard InChI is InChI=1S/C18H13Cl11/c19-9-10(20)15(25)6-2-4-8-7(3-1-5(6)14(9,24)13(15)23)16(26)11(21)12(22)17(8,27)18(16,28)29/h5-8,13H,1-4H2/t5-,6+,7-,8+,13?,14?,15?,16?,17?. The van der Waals surface area contributed by atoms with Gasteiger partial charge < -0.3 is 0 Å². The van der Waals surface area contributed by atoms with Crippen molar-refractivity contribution in [2.75, 3.05) is 0 Å². The van der Waals surface area contributed by atoms with Crippen molar-refractivity contribution in [2.24, 2.45) is 23.7 Å². The second kappa shape index (κ2) is 6.66. The first-order valence-corrected chi connectivity index (χ1v) is 13.4. The summed E-state index contributed by atoms with van der Waals surface area (Å²) >= 11 is 74.5. The number of hydrogen-bond donors (Lipinski definition) is 0. The van der Waals surface area contributed by atoms with E-state index in [0.717, 1.165) is 0 Å². The van der Waals surface area contributed by atoms with Gasteiger partial charge in [-0.2, -0.15) is 0 Å². The maximum Gasteiger partial charge on any atom is 0.166 e. The largest absolute Gasteiger partial charge is 0.166 e. The minimum absolute atomic E-state index is 0.0796. The van der Waals surface area contributed by atoms with Crippen LogP contribution in [0.4, 0.5) is 0 Å². The van der Waals surface area contributed by atoms with E-state index in [2.05, 4.69) is 0 Å². The molecule has 0 radical (unpaired) electrons. The van der Waals surface area contributed by atoms with Crippen LogP contribution in [0, 0.1) is 23.7 Å². The Morgan fingerprint density at radius 2 is 0.828 bits per heavy atom. The van der Waals surface area contributed by atoms with Crippen molar-refractivity contribution in [3.05, 3.63) is 20.1 Å². The highest BCUT2D eigenvalue weighted by molar-refractivity contribution is 6.65. The molecule has 5 unspecified atom stereocenters. The maximum atomic E-state index is 7.02. The first-order chi connectivity index (χ1) is 13.2. The smallest absolute Gasteiger partial charge is 0.118 e. The summed E-state index contributed by atoms with van der Waals surface area (Å²) in [5.74, 6) is -0.538. The van der Waals surface area contributed by atoms with E-state index in [1.165, 1.54) is 0 Å². The van der Waals surface area contributed by atoms with Gasteiger partial charge in [-0.3, -0.25) is 0 Å². The Bertz CT molecular complexity index is 815. The monoisotopic (exact) mass is 614 g/mol. The third-order valence-corrected chi connectivity index (χ3v) is 15.9. The summed E-state index contributed by atoms with van der Waals surface area (Å²) in [5, 5.41) is 0.488. The van der Waals surface area contributed by atoms with E-state index >= 15 is 0 Å². The van der Waals surface area contributed by atoms with Crippen LogP contribution in [0.15, 0.2) is 20.1 Å². The average molecular weight is 619 g/mol. The molecule has 0 heterocycles. The van der Waals surface area contributed by atoms with Crippen molar-refractivity contribution in [3.8, 4) is 0 Å². The van der Waals surface area contributed by atoms with Gasteiger partial charge in [-0.15, -0.1) is 58.0 Å². The summed E-state index contributed by atoms with van der Waals surface area (Å²) in [5.41, 5.74) is 0. The van der Waals surface area contributed by atoms with Crippen molar-refractivity contribution in [1.82, 2.24) is 0 Å². The molecule has 0 saturated heterocycles. The number of fused-ring (bicyclic) bond motifs is 10. The van der Waals surface area contributed by atoms with Crippen molar-refractivity contribution in [3.63, 3.8) is 0 Å². The van der Waals surface area contributed by atoms with Crippen molar-refractivity contribution in [2.45, 2.75) is 54.9 Å². The van der Waals surface area contributed by atoms with Crippen molar-refractivity contribution >= 4 is 128 Å². The first kappa shape index (κ1) is 23.4. The Hall–Kier alpha value is 2.67. The topological polar surface area (TPSA) is 0 Å². The van der Waals surface area contributed by atoms with E-state index < -0.39 is 29.2 Å². The van der Waals surface area contributed by atoms with Crippen LogP contribution in [-0.2, 0) is 0 Å². The van der Waals surface area contributed by atoms with Crippen LogP contribution in [0.3, 0.4) is 0 Å². The Balaban J connectivity index is 1.60. The second-order valence-corrected chi connectivity index (χ2v) is 14.5. The van der Waals surface area contributed by atoms with Gasteiger partial charge in [-0.1, -0.05) is 69.6 Å². The number of allylic oxidation sites excluding steroid dienone is 4. The molecule has 0 amide bonds. The fourth-order valence-corrected chi connectivity index (χ4v) is 12.5. The van der Waals surface area contributed by atoms with E-state index in [0.29, 0.717) is 35.7 Å². The number of alkyl halides is 7. The van der Waals surface area contributed by atoms with E-state index in [1.807, 2.05) is 0 Å². The van der Waals surface area contributed by atoms with Gasteiger partial charge in [0.15, 0.2) is 4.33 Å². The van der Waals surface area contributed by atoms with Gasteiger partial charge in [-0.25, -0.2) is 0 Å². The summed E-state index contributed by atoms with van der Waals surface area (Å²) in [6.07, 6.45) is 2.55. The van der Waals surface area contributed by atoms with Gasteiger partial charge in [0.05, 0.1) is 25.5 Å². The minimum Gasteiger partial charge on any atom is -0.118 e. The zero-order valence-electron chi connectivity index (χ0n) is 14.4. The van der Waals surface area contributed by atoms with Gasteiger partial charge >= 0.3 is 0 Å². The van der Waals surface area contributed by atoms with Crippen LogP contribution in [-0.4, -0.2) is 29.2 Å². The molecular formula is C18H13Cl11. The number of rotatable bonds is 0. The number of hydrogen-bond acceptors (Lipinski definition) is 0. The molecule has 0 aromatic rings. The molecule has 4 bridgehead atoms. The van der Waals surface area contributed by atoms with Crippen LogP contribution in [0.1, 0.15) is 25.7 Å². The lowest BCUT2D eigenvalue weighted by molar-refractivity contribution is 0.175. The molecule has 3 fully saturated rings. The molecule has 3 saturated carbocycles. The molecule has 0 nitrogen and oxygen atoms in total. The third kappa shape index (κ3) is 2.22. The van der Waals surface area contributed by atoms with Crippen molar-refractivity contribution in [1.29, 1.82) is 0 Å². The van der Waals surface area contributed by atoms with Gasteiger partial charge in [0.25, 0.3) is 0 Å². The molecule has 9 atom stereocenters. The summed E-state index contributed by atoms with van der Waals surface area (Å²) in [4.78, 5) is -4.60. The Morgan fingerprint density at radius 1 is 0.517 bits per heavy atom. The normalized spacial score (nSPS) is 57.8. The van der Waals surface area contributed by atoms with E-state index in [9.17, 15) is 0 Å². The van der Waals surface area contributed by atoms with Crippen LogP contribution < -0.4 is 0 Å². The molecule has 5 aliphatic rings. The van der Waals surface area contributed by atoms with Crippen LogP contribution >= 0.6 is 128 Å². The van der Waals surface area contributed by atoms with Gasteiger partial charge in [0.2, 0.25) is 0 Å². The molecule has 5 rings (SSSR count). The summed E-state index contributed by atoms with van der Waals surface area (Å²) < 4.78 is -1.55. The molecule has 0 spiro atoms. The fourth-order valence-electron chi connectivity index (χ4n) is 6.70. The predicted octanol–water partition coefficient (Wildman–Crippen LogP) is 9.15. The third-order valence-electron chi connectivity index (χ3n) is 8.00. The zero-order valence-corrected chi connectivity index (χ0v) is 22.7. The van der Waals surface area contributed by atoms with E-state index in [1.54, 1.807) is 0 Å². The molecule has 162 valence electrons. The summed E-state index contributed by atoms with van der Waals surface area (Å²) in [6, 6.07) is 0.